The van der Waals surface area contributed by atoms with Crippen molar-refractivity contribution in [1.29, 1.82) is 0 Å². The lowest BCUT2D eigenvalue weighted by atomic mass is 9.99. The average Bonchev–Trinajstić information content (AvgIpc) is 1.82. The maximum Gasteiger partial charge on any atom is 0.245 e. The summed E-state index contributed by atoms with van der Waals surface area (Å²) in [4.78, 5) is 160. The van der Waals surface area contributed by atoms with Crippen LogP contribution in [0, 0.1) is 5.92 Å². The van der Waals surface area contributed by atoms with Gasteiger partial charge in [-0.25, -0.2) is 4.98 Å². The number of carbonyl (C=O) groups is 10. The third-order valence-corrected chi connectivity index (χ3v) is 16.3. The molecule has 9 atom stereocenters. The summed E-state index contributed by atoms with van der Waals surface area (Å²) in [5.41, 5.74) is 14.6. The number of aliphatic hydroxyl groups excluding tert-OH is 1. The number of nitrogens with zero attached hydrogens (tertiary/aromatic N) is 3. The molecule has 93 heavy (non-hydrogen) atoms. The van der Waals surface area contributed by atoms with Crippen LogP contribution >= 0.6 is 0 Å². The van der Waals surface area contributed by atoms with Gasteiger partial charge < -0.3 is 89.4 Å². The number of benzene rings is 3. The molecule has 496 valence electrons. The van der Waals surface area contributed by atoms with Gasteiger partial charge in [-0.2, -0.15) is 0 Å². The van der Waals surface area contributed by atoms with Crippen molar-refractivity contribution in [2.75, 3.05) is 26.2 Å². The molecule has 0 spiro atoms. The van der Waals surface area contributed by atoms with E-state index in [1.165, 1.54) is 41.7 Å². The second-order valence-corrected chi connectivity index (χ2v) is 23.7. The maximum atomic E-state index is 15.1. The van der Waals surface area contributed by atoms with Gasteiger partial charge in [0.2, 0.25) is 59.1 Å². The van der Waals surface area contributed by atoms with Crippen LogP contribution in [0.15, 0.2) is 103 Å². The molecule has 18 N–H and O–H groups in total. The van der Waals surface area contributed by atoms with Crippen LogP contribution < -0.4 is 59.3 Å². The van der Waals surface area contributed by atoms with Crippen molar-refractivity contribution < 1.29 is 58.2 Å². The van der Waals surface area contributed by atoms with Crippen LogP contribution in [0.4, 0.5) is 0 Å². The largest absolute Gasteiger partial charge is 0.508 e. The van der Waals surface area contributed by atoms with Gasteiger partial charge in [0.15, 0.2) is 5.96 Å². The highest BCUT2D eigenvalue weighted by atomic mass is 16.3. The van der Waals surface area contributed by atoms with Gasteiger partial charge in [0.05, 0.1) is 12.9 Å². The fourth-order valence-electron chi connectivity index (χ4n) is 11.5. The van der Waals surface area contributed by atoms with Gasteiger partial charge in [0.25, 0.3) is 0 Å². The summed E-state index contributed by atoms with van der Waals surface area (Å²) >= 11 is 0. The molecule has 2 saturated heterocycles. The first kappa shape index (κ1) is 68.6. The molecule has 6 aromatic rings. The highest BCUT2D eigenvalue weighted by Crippen LogP contribution is 2.24. The van der Waals surface area contributed by atoms with Crippen molar-refractivity contribution in [3.05, 3.63) is 120 Å². The predicted octanol–water partition coefficient (Wildman–Crippen LogP) is -0.760. The number of phenols is 1. The van der Waals surface area contributed by atoms with Crippen molar-refractivity contribution in [1.82, 2.24) is 72.7 Å². The third-order valence-electron chi connectivity index (χ3n) is 16.3. The Balaban J connectivity index is 1.05. The van der Waals surface area contributed by atoms with Crippen LogP contribution in [0.1, 0.15) is 88.1 Å². The van der Waals surface area contributed by atoms with Crippen LogP contribution in [0.5, 0.6) is 5.75 Å². The van der Waals surface area contributed by atoms with E-state index in [1.54, 1.807) is 43.6 Å². The average molecular weight is 1280 g/mol. The molecular formula is C64H83N17O12. The van der Waals surface area contributed by atoms with Gasteiger partial charge in [-0.15, -0.1) is 0 Å². The molecule has 2 aliphatic heterocycles. The van der Waals surface area contributed by atoms with E-state index in [0.717, 1.165) is 0 Å². The molecule has 2 fully saturated rings. The summed E-state index contributed by atoms with van der Waals surface area (Å²) < 4.78 is 0. The molecule has 0 bridgehead atoms. The number of aromatic nitrogens is 4. The minimum absolute atomic E-state index is 0.0647. The second kappa shape index (κ2) is 32.6. The summed E-state index contributed by atoms with van der Waals surface area (Å²) in [6.07, 6.45) is 7.10. The molecule has 0 radical (unpaired) electrons. The van der Waals surface area contributed by atoms with Crippen LogP contribution in [0.2, 0.25) is 0 Å². The number of nitrogens with two attached hydrogens (primary N) is 2. The van der Waals surface area contributed by atoms with Gasteiger partial charge in [0.1, 0.15) is 60.1 Å². The van der Waals surface area contributed by atoms with E-state index in [4.69, 9.17) is 11.5 Å². The molecule has 0 aliphatic carbocycles. The zero-order chi connectivity index (χ0) is 66.7. The molecule has 0 saturated carbocycles. The summed E-state index contributed by atoms with van der Waals surface area (Å²) in [6.45, 7) is 5.14. The SMILES string of the molecule is CCNC(=O)C1CCCN1C(=O)[C@H](CCCN=C(N)N)NC(=O)[C@H](CC(C)C)NC(=O)[C@@H](Cc1c[nH]c2ccccc12)NC(=O)[C@H](Cc1ccc(O)cc1)NC(=O)[C@H](CO)NC(=O)[C@H](Cc1c[nH]c2ccccc12)NC(=O)[C@H](Cc1cnc[nH]1)NC(=O)C1CCC(=O)N1. The van der Waals surface area contributed by atoms with Gasteiger partial charge in [-0.3, -0.25) is 52.9 Å². The number of aliphatic hydroxyl groups is 1. The number of nitrogens with one attached hydrogen (secondary N) is 12. The van der Waals surface area contributed by atoms with Gasteiger partial charge >= 0.3 is 0 Å². The standard InChI is InChI=1S/C64H83N17O12/c1-4-68-62(92)53-16-10-24-81(53)63(93)46(15-9-23-69-64(65)66)74-56(86)47(25-35(2)3)75-58(88)49(27-37-30-70-43-13-7-5-11-41(37)43)77-57(87)48(26-36-17-19-40(83)20-18-36)76-61(91)52(33-82)80-59(89)50(28-38-31-71-44-14-8-6-12-42(38)44)78-60(90)51(29-39-32-67-34-72-39)79-55(85)45-21-22-54(84)73-45/h5-8,11-14,17-20,30-32,34-35,45-53,70-71,82-83H,4,9-10,15-16,21-29,33H2,1-3H3,(H,67,72)(H,68,92)(H,73,84)(H,74,86)(H,75,88)(H,76,91)(H,77,87)(H,78,90)(H,79,85)(H,80,89)(H4,65,66,69)/t45?,46-,47-,48-,49+,50-,51-,52-,53?/m0/s1. The Morgan fingerprint density at radius 3 is 1.73 bits per heavy atom. The maximum absolute atomic E-state index is 15.1. The number of H-pyrrole nitrogens is 3. The topological polar surface area (TPSA) is 447 Å². The number of carbonyl (C=O) groups excluding carboxylic acids is 10. The first-order valence-electron chi connectivity index (χ1n) is 31.2. The minimum Gasteiger partial charge on any atom is -0.508 e. The van der Waals surface area contributed by atoms with Crippen molar-refractivity contribution in [3.63, 3.8) is 0 Å². The summed E-state index contributed by atoms with van der Waals surface area (Å²) in [6, 6.07) is 8.42. The molecule has 29 heteroatoms. The van der Waals surface area contributed by atoms with E-state index in [0.29, 0.717) is 63.6 Å². The highest BCUT2D eigenvalue weighted by molar-refractivity contribution is 6.00. The van der Waals surface area contributed by atoms with Gasteiger partial charge in [0, 0.05) is 97.8 Å². The number of aliphatic imine (C=N–C) groups is 1. The number of fused-ring (bicyclic) bond motifs is 2. The third kappa shape index (κ3) is 18.9. The van der Waals surface area contributed by atoms with Crippen LogP contribution in [-0.2, 0) is 73.6 Å². The Morgan fingerprint density at radius 1 is 0.656 bits per heavy atom. The van der Waals surface area contributed by atoms with Crippen LogP contribution in [-0.4, -0.2) is 181 Å². The van der Waals surface area contributed by atoms with E-state index < -0.39 is 108 Å². The Kier molecular flexibility index (Phi) is 24.1. The molecule has 2 unspecified atom stereocenters. The lowest BCUT2D eigenvalue weighted by molar-refractivity contribution is -0.142. The summed E-state index contributed by atoms with van der Waals surface area (Å²) in [7, 11) is 0. The molecule has 3 aromatic heterocycles. The number of hydrogen-bond donors (Lipinski definition) is 16. The lowest BCUT2D eigenvalue weighted by Gasteiger charge is -2.30. The van der Waals surface area contributed by atoms with Crippen molar-refractivity contribution in [3.8, 4) is 5.75 Å². The highest BCUT2D eigenvalue weighted by Gasteiger charge is 2.40. The number of aromatic hydroxyl groups is 1. The molecule has 29 nitrogen and oxygen atoms in total. The normalized spacial score (nSPS) is 16.8. The number of phenolic OH excluding ortho intramolecular Hbond substituents is 1. The number of para-hydroxylation sites is 2. The predicted molar refractivity (Wildman–Crippen MR) is 343 cm³/mol. The van der Waals surface area contributed by atoms with Crippen LogP contribution in [0.25, 0.3) is 21.8 Å². The van der Waals surface area contributed by atoms with Crippen molar-refractivity contribution in [2.45, 2.75) is 146 Å². The first-order valence-corrected chi connectivity index (χ1v) is 31.2. The van der Waals surface area contributed by atoms with E-state index in [9.17, 15) is 48.6 Å². The van der Waals surface area contributed by atoms with Gasteiger partial charge in [-0.05, 0) is 92.3 Å². The fraction of sp³-hybridized carbons (Fsp3) is 0.438. The van der Waals surface area contributed by atoms with Crippen LogP contribution in [0.3, 0.4) is 0 Å². The zero-order valence-electron chi connectivity index (χ0n) is 52.1. The van der Waals surface area contributed by atoms with E-state index in [2.05, 4.69) is 72.8 Å². The Hall–Kier alpha value is -10.3. The smallest absolute Gasteiger partial charge is 0.245 e. The van der Waals surface area contributed by atoms with Gasteiger partial charge in [-0.1, -0.05) is 62.4 Å². The summed E-state index contributed by atoms with van der Waals surface area (Å²) in [5, 5.41) is 47.0. The van der Waals surface area contributed by atoms with Crippen molar-refractivity contribution >= 4 is 86.8 Å². The Labute approximate surface area is 536 Å². The lowest BCUT2D eigenvalue weighted by Crippen LogP contribution is -2.61. The number of likely N-dealkylation sites (tertiary alicyclic amines) is 1. The second-order valence-electron chi connectivity index (χ2n) is 23.7. The molecular weight excluding hydrogens is 1200 g/mol. The number of hydrogen-bond acceptors (Lipinski definition) is 14. The number of rotatable bonds is 32. The number of imidazole rings is 1. The Bertz CT molecular complexity index is 3640. The van der Waals surface area contributed by atoms with E-state index in [1.807, 2.05) is 38.1 Å². The molecule has 8 rings (SSSR count). The number of amides is 10. The molecule has 3 aromatic carbocycles. The number of likely N-dealkylation sites (N-methyl/N-ethyl adjacent to an activating group) is 1. The fourth-order valence-corrected chi connectivity index (χ4v) is 11.5. The quantitative estimate of drug-likeness (QED) is 0.0140. The van der Waals surface area contributed by atoms with E-state index in [-0.39, 0.29) is 100 Å². The van der Waals surface area contributed by atoms with E-state index >= 15 is 9.59 Å². The monoisotopic (exact) mass is 1280 g/mol. The minimum atomic E-state index is -1.78. The molecule has 5 heterocycles. The zero-order valence-corrected chi connectivity index (χ0v) is 52.1. The van der Waals surface area contributed by atoms with Crippen molar-refractivity contribution in [2.24, 2.45) is 22.4 Å². The first-order chi connectivity index (χ1) is 44.7. The number of aromatic amines is 3. The number of guanidine groups is 1. The summed E-state index contributed by atoms with van der Waals surface area (Å²) in [5.74, 6) is -7.58. The Morgan fingerprint density at radius 2 is 1.19 bits per heavy atom. The molecule has 2 aliphatic rings. The molecule has 10 amide bonds.